The van der Waals surface area contributed by atoms with Gasteiger partial charge in [-0.05, 0) is 72.2 Å². The molecular formula is C19H22BrN5. The number of halogens is 1. The van der Waals surface area contributed by atoms with E-state index in [1.165, 1.54) is 25.7 Å². The first-order valence-corrected chi connectivity index (χ1v) is 9.62. The first-order valence-electron chi connectivity index (χ1n) is 8.83. The molecule has 0 saturated heterocycles. The maximum atomic E-state index is 4.81. The normalized spacial score (nSPS) is 20.8. The van der Waals surface area contributed by atoms with Crippen LogP contribution >= 0.6 is 15.9 Å². The minimum atomic E-state index is 0.475. The van der Waals surface area contributed by atoms with E-state index in [1.807, 2.05) is 37.6 Å². The van der Waals surface area contributed by atoms with E-state index >= 15 is 0 Å². The number of imidazole rings is 1. The van der Waals surface area contributed by atoms with Crippen molar-refractivity contribution in [2.45, 2.75) is 45.6 Å². The van der Waals surface area contributed by atoms with Crippen molar-refractivity contribution in [2.24, 2.45) is 5.92 Å². The number of nitrogens with zero attached hydrogens (tertiary/aromatic N) is 4. The predicted octanol–water partition coefficient (Wildman–Crippen LogP) is 4.85. The summed E-state index contributed by atoms with van der Waals surface area (Å²) in [6.45, 7) is 4.37. The van der Waals surface area contributed by atoms with Gasteiger partial charge >= 0.3 is 0 Å². The number of nitrogens with one attached hydrogen (secondary N) is 1. The molecule has 6 heteroatoms. The molecule has 130 valence electrons. The molecule has 1 aliphatic rings. The quantitative estimate of drug-likeness (QED) is 0.683. The number of fused-ring (bicyclic) bond motifs is 1. The summed E-state index contributed by atoms with van der Waals surface area (Å²) in [5, 5.41) is 3.53. The van der Waals surface area contributed by atoms with Gasteiger partial charge in [-0.3, -0.25) is 4.40 Å². The first-order chi connectivity index (χ1) is 12.1. The van der Waals surface area contributed by atoms with Gasteiger partial charge in [0.05, 0.1) is 17.6 Å². The van der Waals surface area contributed by atoms with E-state index in [4.69, 9.17) is 4.98 Å². The van der Waals surface area contributed by atoms with Crippen molar-refractivity contribution in [3.8, 4) is 11.4 Å². The highest BCUT2D eigenvalue weighted by molar-refractivity contribution is 9.10. The highest BCUT2D eigenvalue weighted by Crippen LogP contribution is 2.27. The summed E-state index contributed by atoms with van der Waals surface area (Å²) in [7, 11) is 0. The van der Waals surface area contributed by atoms with Crippen LogP contribution in [0.15, 0.2) is 35.2 Å². The smallest absolute Gasteiger partial charge is 0.223 e. The molecule has 1 saturated carbocycles. The Hall–Kier alpha value is -1.95. The number of pyridine rings is 1. The molecule has 0 aliphatic heterocycles. The number of hydrogen-bond donors (Lipinski definition) is 1. The summed E-state index contributed by atoms with van der Waals surface area (Å²) >= 11 is 3.53. The third-order valence-corrected chi connectivity index (χ3v) is 5.50. The molecule has 0 unspecified atom stereocenters. The lowest BCUT2D eigenvalue weighted by molar-refractivity contribution is 0.360. The molecule has 3 heterocycles. The molecule has 1 N–H and O–H groups in total. The van der Waals surface area contributed by atoms with Gasteiger partial charge in [0.15, 0.2) is 0 Å². The van der Waals surface area contributed by atoms with E-state index in [9.17, 15) is 0 Å². The van der Waals surface area contributed by atoms with Crippen LogP contribution in [0.2, 0.25) is 0 Å². The zero-order valence-electron chi connectivity index (χ0n) is 14.5. The Balaban J connectivity index is 1.66. The third-order valence-electron chi connectivity index (χ3n) is 5.03. The molecular weight excluding hydrogens is 378 g/mol. The van der Waals surface area contributed by atoms with Gasteiger partial charge in [0, 0.05) is 22.9 Å². The predicted molar refractivity (Wildman–Crippen MR) is 104 cm³/mol. The summed E-state index contributed by atoms with van der Waals surface area (Å²) in [5.41, 5.74) is 3.86. The average molecular weight is 400 g/mol. The van der Waals surface area contributed by atoms with Gasteiger partial charge in [-0.15, -0.1) is 0 Å². The lowest BCUT2D eigenvalue weighted by Crippen LogP contribution is -2.26. The Labute approximate surface area is 156 Å². The summed E-state index contributed by atoms with van der Waals surface area (Å²) in [6, 6.07) is 4.46. The lowest BCUT2D eigenvalue weighted by atomic mass is 9.87. The summed E-state index contributed by atoms with van der Waals surface area (Å²) in [4.78, 5) is 13.8. The van der Waals surface area contributed by atoms with Crippen molar-refractivity contribution in [3.63, 3.8) is 0 Å². The molecule has 0 bridgehead atoms. The second kappa shape index (κ2) is 6.75. The monoisotopic (exact) mass is 399 g/mol. The van der Waals surface area contributed by atoms with E-state index in [-0.39, 0.29) is 0 Å². The van der Waals surface area contributed by atoms with Gasteiger partial charge in [-0.2, -0.15) is 0 Å². The minimum Gasteiger partial charge on any atom is -0.351 e. The van der Waals surface area contributed by atoms with Crippen LogP contribution in [0.4, 0.5) is 5.95 Å². The van der Waals surface area contributed by atoms with Gasteiger partial charge in [-0.1, -0.05) is 6.92 Å². The van der Waals surface area contributed by atoms with Crippen molar-refractivity contribution in [1.29, 1.82) is 0 Å². The fourth-order valence-corrected chi connectivity index (χ4v) is 3.82. The number of rotatable bonds is 3. The Morgan fingerprint density at radius 3 is 2.72 bits per heavy atom. The molecule has 1 fully saturated rings. The number of hydrogen-bond acceptors (Lipinski definition) is 4. The number of aryl methyl sites for hydroxylation is 1. The van der Waals surface area contributed by atoms with Crippen molar-refractivity contribution in [3.05, 3.63) is 40.8 Å². The second-order valence-electron chi connectivity index (χ2n) is 7.05. The average Bonchev–Trinajstić information content (AvgIpc) is 3.01. The van der Waals surface area contributed by atoms with Gasteiger partial charge in [0.2, 0.25) is 5.95 Å². The van der Waals surface area contributed by atoms with Crippen LogP contribution < -0.4 is 5.32 Å². The fourth-order valence-electron chi connectivity index (χ4n) is 3.49. The fraction of sp³-hybridized carbons (Fsp3) is 0.421. The van der Waals surface area contributed by atoms with E-state index in [0.717, 1.165) is 33.0 Å². The maximum Gasteiger partial charge on any atom is 0.223 e. The number of anilines is 1. The highest BCUT2D eigenvalue weighted by Gasteiger charge is 2.19. The molecule has 3 aromatic heterocycles. The van der Waals surface area contributed by atoms with E-state index in [0.29, 0.717) is 12.0 Å². The van der Waals surface area contributed by atoms with Gasteiger partial charge in [0.1, 0.15) is 5.65 Å². The molecule has 0 aromatic carbocycles. The second-order valence-corrected chi connectivity index (χ2v) is 7.96. The third kappa shape index (κ3) is 3.40. The van der Waals surface area contributed by atoms with Crippen LogP contribution in [0, 0.1) is 12.8 Å². The van der Waals surface area contributed by atoms with Gasteiger partial charge in [-0.25, -0.2) is 15.0 Å². The Morgan fingerprint density at radius 1 is 1.12 bits per heavy atom. The molecule has 4 rings (SSSR count). The first kappa shape index (κ1) is 16.5. The van der Waals surface area contributed by atoms with Crippen LogP contribution in [-0.4, -0.2) is 25.4 Å². The van der Waals surface area contributed by atoms with Crippen LogP contribution in [0.5, 0.6) is 0 Å². The zero-order valence-corrected chi connectivity index (χ0v) is 16.1. The van der Waals surface area contributed by atoms with Gasteiger partial charge < -0.3 is 5.32 Å². The Morgan fingerprint density at radius 2 is 1.92 bits per heavy atom. The van der Waals surface area contributed by atoms with Crippen LogP contribution in [0.25, 0.3) is 17.0 Å². The summed E-state index contributed by atoms with van der Waals surface area (Å²) < 4.78 is 3.08. The maximum absolute atomic E-state index is 4.81. The zero-order chi connectivity index (χ0) is 17.4. The van der Waals surface area contributed by atoms with Crippen molar-refractivity contribution in [1.82, 2.24) is 19.4 Å². The van der Waals surface area contributed by atoms with Crippen LogP contribution in [-0.2, 0) is 0 Å². The standard InChI is InChI=1S/C19H22BrN5/c1-12-3-6-15(7-4-12)23-19-22-9-13(2)18(24-19)16-10-21-17-8-5-14(20)11-25(16)17/h5,8-12,15H,3-4,6-7H2,1-2H3,(H,22,23,24)/t12-,15-. The molecule has 0 atom stereocenters. The topological polar surface area (TPSA) is 55.1 Å². The lowest BCUT2D eigenvalue weighted by Gasteiger charge is -2.27. The molecule has 0 radical (unpaired) electrons. The molecule has 3 aromatic rings. The molecule has 5 nitrogen and oxygen atoms in total. The molecule has 1 aliphatic carbocycles. The Bertz CT molecular complexity index is 896. The van der Waals surface area contributed by atoms with E-state index in [1.54, 1.807) is 0 Å². The molecule has 25 heavy (non-hydrogen) atoms. The number of aromatic nitrogens is 4. The summed E-state index contributed by atoms with van der Waals surface area (Å²) in [6.07, 6.45) is 10.7. The molecule has 0 amide bonds. The Kier molecular flexibility index (Phi) is 4.46. The van der Waals surface area contributed by atoms with E-state index < -0.39 is 0 Å². The largest absolute Gasteiger partial charge is 0.351 e. The summed E-state index contributed by atoms with van der Waals surface area (Å²) in [5.74, 6) is 1.55. The van der Waals surface area contributed by atoms with Gasteiger partial charge in [0.25, 0.3) is 0 Å². The molecule has 0 spiro atoms. The van der Waals surface area contributed by atoms with Crippen LogP contribution in [0.3, 0.4) is 0 Å². The van der Waals surface area contributed by atoms with Crippen molar-refractivity contribution < 1.29 is 0 Å². The van der Waals surface area contributed by atoms with E-state index in [2.05, 4.69) is 42.5 Å². The SMILES string of the molecule is Cc1cnc(N[C@H]2CC[C@H](C)CC2)nc1-c1cnc2ccc(Br)cn12. The van der Waals surface area contributed by atoms with Crippen LogP contribution in [0.1, 0.15) is 38.2 Å². The van der Waals surface area contributed by atoms with Crippen molar-refractivity contribution >= 4 is 27.5 Å². The van der Waals surface area contributed by atoms with Crippen molar-refractivity contribution in [2.75, 3.05) is 5.32 Å². The highest BCUT2D eigenvalue weighted by atomic mass is 79.9. The minimum absolute atomic E-state index is 0.475.